The third kappa shape index (κ3) is 2.42. The molecule has 1 aromatic carbocycles. The fourth-order valence-electron chi connectivity index (χ4n) is 1.96. The lowest BCUT2D eigenvalue weighted by Crippen LogP contribution is -2.18. The Bertz CT molecular complexity index is 568. The van der Waals surface area contributed by atoms with Gasteiger partial charge >= 0.3 is 0 Å². The van der Waals surface area contributed by atoms with Crippen molar-refractivity contribution in [3.05, 3.63) is 24.3 Å². The number of benzene rings is 1. The molecule has 0 unspecified atom stereocenters. The largest absolute Gasteiger partial charge is 0.398 e. The van der Waals surface area contributed by atoms with Crippen LogP contribution in [0.3, 0.4) is 0 Å². The van der Waals surface area contributed by atoms with Gasteiger partial charge in [0.1, 0.15) is 0 Å². The number of anilines is 1. The highest BCUT2D eigenvalue weighted by Gasteiger charge is 2.46. The molecule has 17 heavy (non-hydrogen) atoms. The topological polar surface area (TPSA) is 84.0 Å². The van der Waals surface area contributed by atoms with Gasteiger partial charge in [-0.3, -0.25) is 0 Å². The number of nitrogens with zero attached hydrogens (tertiary/aromatic N) is 1. The predicted molar refractivity (Wildman–Crippen MR) is 64.8 cm³/mol. The Morgan fingerprint density at radius 3 is 2.53 bits per heavy atom. The fraction of sp³-hybridized carbons (Fsp3) is 0.417. The van der Waals surface area contributed by atoms with Crippen molar-refractivity contribution >= 4 is 15.5 Å². The molecule has 1 fully saturated rings. The van der Waals surface area contributed by atoms with Crippen LogP contribution in [0.4, 0.5) is 5.69 Å². The summed E-state index contributed by atoms with van der Waals surface area (Å²) in [5, 5.41) is 8.69. The first-order valence-corrected chi connectivity index (χ1v) is 7.09. The zero-order chi connectivity index (χ0) is 12.5. The molecule has 2 rings (SSSR count). The van der Waals surface area contributed by atoms with Crippen molar-refractivity contribution in [3.8, 4) is 6.07 Å². The van der Waals surface area contributed by atoms with Crippen LogP contribution in [-0.2, 0) is 9.84 Å². The normalized spacial score (nSPS) is 17.4. The van der Waals surface area contributed by atoms with E-state index in [9.17, 15) is 8.42 Å². The summed E-state index contributed by atoms with van der Waals surface area (Å²) in [6, 6.07) is 8.53. The van der Waals surface area contributed by atoms with Crippen molar-refractivity contribution in [1.29, 1.82) is 5.26 Å². The Morgan fingerprint density at radius 1 is 1.35 bits per heavy atom. The van der Waals surface area contributed by atoms with E-state index in [2.05, 4.69) is 6.07 Å². The van der Waals surface area contributed by atoms with Crippen LogP contribution < -0.4 is 5.73 Å². The van der Waals surface area contributed by atoms with E-state index in [4.69, 9.17) is 11.0 Å². The summed E-state index contributed by atoms with van der Waals surface area (Å²) < 4.78 is 24.4. The van der Waals surface area contributed by atoms with Gasteiger partial charge in [-0.2, -0.15) is 5.26 Å². The highest BCUT2D eigenvalue weighted by Crippen LogP contribution is 2.50. The van der Waals surface area contributed by atoms with Crippen molar-refractivity contribution in [1.82, 2.24) is 0 Å². The van der Waals surface area contributed by atoms with Crippen molar-refractivity contribution in [2.75, 3.05) is 11.5 Å². The summed E-state index contributed by atoms with van der Waals surface area (Å²) in [6.07, 6.45) is 1.93. The van der Waals surface area contributed by atoms with Gasteiger partial charge in [-0.15, -0.1) is 0 Å². The quantitative estimate of drug-likeness (QED) is 0.825. The maximum atomic E-state index is 12.2. The highest BCUT2D eigenvalue weighted by molar-refractivity contribution is 7.91. The minimum Gasteiger partial charge on any atom is -0.398 e. The Hall–Kier alpha value is -1.54. The van der Waals surface area contributed by atoms with E-state index in [0.717, 1.165) is 12.8 Å². The Labute approximate surface area is 101 Å². The van der Waals surface area contributed by atoms with Crippen LogP contribution in [0, 0.1) is 16.7 Å². The monoisotopic (exact) mass is 250 g/mol. The number of rotatable bonds is 4. The van der Waals surface area contributed by atoms with Gasteiger partial charge in [0.25, 0.3) is 0 Å². The van der Waals surface area contributed by atoms with Crippen LogP contribution in [0.25, 0.3) is 0 Å². The first-order chi connectivity index (χ1) is 7.99. The van der Waals surface area contributed by atoms with Crippen LogP contribution in [0.1, 0.15) is 19.3 Å². The third-order valence-electron chi connectivity index (χ3n) is 3.16. The SMILES string of the molecule is N#CCC1(CS(=O)(=O)c2ccccc2N)CC1. The summed E-state index contributed by atoms with van der Waals surface area (Å²) in [6.45, 7) is 0. The average Bonchev–Trinajstić information content (AvgIpc) is 2.97. The van der Waals surface area contributed by atoms with E-state index in [1.807, 2.05) is 0 Å². The maximum absolute atomic E-state index is 12.2. The van der Waals surface area contributed by atoms with Gasteiger partial charge in [-0.25, -0.2) is 8.42 Å². The Kier molecular flexibility index (Phi) is 2.84. The molecular formula is C12H14N2O2S. The summed E-state index contributed by atoms with van der Waals surface area (Å²) in [7, 11) is -3.38. The maximum Gasteiger partial charge on any atom is 0.180 e. The highest BCUT2D eigenvalue weighted by atomic mass is 32.2. The summed E-state index contributed by atoms with van der Waals surface area (Å²) >= 11 is 0. The second-order valence-corrected chi connectivity index (χ2v) is 6.59. The van der Waals surface area contributed by atoms with Crippen LogP contribution >= 0.6 is 0 Å². The number of nitriles is 1. The number of nitrogens with two attached hydrogens (primary N) is 1. The second-order valence-electron chi connectivity index (χ2n) is 4.63. The van der Waals surface area contributed by atoms with E-state index in [-0.39, 0.29) is 21.8 Å². The van der Waals surface area contributed by atoms with E-state index < -0.39 is 9.84 Å². The lowest BCUT2D eigenvalue weighted by molar-refractivity contribution is 0.548. The molecule has 1 saturated carbocycles. The van der Waals surface area contributed by atoms with Gasteiger partial charge in [-0.1, -0.05) is 12.1 Å². The van der Waals surface area contributed by atoms with Gasteiger partial charge in [-0.05, 0) is 30.4 Å². The summed E-state index contributed by atoms with van der Waals surface area (Å²) in [4.78, 5) is 0.184. The van der Waals surface area contributed by atoms with Gasteiger partial charge in [0.2, 0.25) is 0 Å². The van der Waals surface area contributed by atoms with Crippen LogP contribution in [0.5, 0.6) is 0 Å². The molecule has 2 N–H and O–H groups in total. The zero-order valence-corrected chi connectivity index (χ0v) is 10.2. The Morgan fingerprint density at radius 2 is 2.00 bits per heavy atom. The summed E-state index contributed by atoms with van der Waals surface area (Å²) in [5.41, 5.74) is 5.63. The summed E-state index contributed by atoms with van der Waals surface area (Å²) in [5.74, 6) is 0.0295. The molecular weight excluding hydrogens is 236 g/mol. The predicted octanol–water partition coefficient (Wildman–Crippen LogP) is 1.74. The lowest BCUT2D eigenvalue weighted by Gasteiger charge is -2.12. The number of para-hydroxylation sites is 1. The molecule has 1 aliphatic rings. The lowest BCUT2D eigenvalue weighted by atomic mass is 10.1. The minimum atomic E-state index is -3.38. The number of hydrogen-bond acceptors (Lipinski definition) is 4. The first-order valence-electron chi connectivity index (χ1n) is 5.43. The molecule has 0 heterocycles. The molecule has 1 aliphatic carbocycles. The number of sulfone groups is 1. The van der Waals surface area contributed by atoms with E-state index >= 15 is 0 Å². The third-order valence-corrected chi connectivity index (χ3v) is 5.20. The average molecular weight is 250 g/mol. The zero-order valence-electron chi connectivity index (χ0n) is 9.39. The Balaban J connectivity index is 2.27. The van der Waals surface area contributed by atoms with Crippen LogP contribution in [0.15, 0.2) is 29.2 Å². The molecule has 0 atom stereocenters. The molecule has 0 amide bonds. The first kappa shape index (κ1) is 11.9. The van der Waals surface area contributed by atoms with Gasteiger partial charge in [0.15, 0.2) is 9.84 Å². The molecule has 1 aromatic rings. The second kappa shape index (κ2) is 4.04. The van der Waals surface area contributed by atoms with E-state index in [0.29, 0.717) is 6.42 Å². The molecule has 0 aliphatic heterocycles. The van der Waals surface area contributed by atoms with Gasteiger partial charge in [0.05, 0.1) is 22.4 Å². The molecule has 0 bridgehead atoms. The number of nitrogen functional groups attached to an aromatic ring is 1. The van der Waals surface area contributed by atoms with Crippen molar-refractivity contribution < 1.29 is 8.42 Å². The molecule has 0 spiro atoms. The smallest absolute Gasteiger partial charge is 0.180 e. The van der Waals surface area contributed by atoms with Crippen LogP contribution in [0.2, 0.25) is 0 Å². The minimum absolute atomic E-state index is 0.0295. The van der Waals surface area contributed by atoms with Crippen LogP contribution in [-0.4, -0.2) is 14.2 Å². The van der Waals surface area contributed by atoms with E-state index in [1.54, 1.807) is 18.2 Å². The van der Waals surface area contributed by atoms with Crippen molar-refractivity contribution in [2.45, 2.75) is 24.2 Å². The molecule has 0 aromatic heterocycles. The van der Waals surface area contributed by atoms with Crippen molar-refractivity contribution in [3.63, 3.8) is 0 Å². The molecule has 0 saturated heterocycles. The fourth-order valence-corrected chi connectivity index (χ4v) is 4.03. The molecule has 0 radical (unpaired) electrons. The van der Waals surface area contributed by atoms with Gasteiger partial charge < -0.3 is 5.73 Å². The van der Waals surface area contributed by atoms with E-state index in [1.165, 1.54) is 6.07 Å². The van der Waals surface area contributed by atoms with Gasteiger partial charge in [0, 0.05) is 6.42 Å². The van der Waals surface area contributed by atoms with Crippen molar-refractivity contribution in [2.24, 2.45) is 5.41 Å². The standard InChI is InChI=1S/C12H14N2O2S/c13-8-7-12(5-6-12)9-17(15,16)11-4-2-1-3-10(11)14/h1-4H,5-7,9,14H2. The molecule has 5 heteroatoms. The molecule has 4 nitrogen and oxygen atoms in total. The molecule has 90 valence electrons. The number of hydrogen-bond donors (Lipinski definition) is 1.